The molecule has 0 aromatic carbocycles. The molecule has 104 valence electrons. The second-order valence-corrected chi connectivity index (χ2v) is 6.43. The molecule has 2 atom stereocenters. The molecular formula is C14H27N3S. The molecule has 0 aromatic rings. The summed E-state index contributed by atoms with van der Waals surface area (Å²) in [6, 6.07) is 0.795. The minimum Gasteiger partial charge on any atom is -0.393 e. The molecule has 2 rings (SSSR count). The van der Waals surface area contributed by atoms with E-state index < -0.39 is 0 Å². The lowest BCUT2D eigenvalue weighted by atomic mass is 9.96. The Morgan fingerprint density at radius 2 is 2.06 bits per heavy atom. The average molecular weight is 269 g/mol. The summed E-state index contributed by atoms with van der Waals surface area (Å²) < 4.78 is 0. The minimum absolute atomic E-state index is 0.456. The van der Waals surface area contributed by atoms with Gasteiger partial charge in [-0.25, -0.2) is 0 Å². The molecule has 0 bridgehead atoms. The van der Waals surface area contributed by atoms with Gasteiger partial charge in [-0.05, 0) is 58.8 Å². The third-order valence-corrected chi connectivity index (χ3v) is 4.94. The first-order valence-corrected chi connectivity index (χ1v) is 7.79. The van der Waals surface area contributed by atoms with Crippen LogP contribution < -0.4 is 5.73 Å². The summed E-state index contributed by atoms with van der Waals surface area (Å²) in [5.74, 6) is 0.456. The van der Waals surface area contributed by atoms with E-state index in [4.69, 9.17) is 18.0 Å². The van der Waals surface area contributed by atoms with Gasteiger partial charge in [0.15, 0.2) is 0 Å². The fourth-order valence-electron chi connectivity index (χ4n) is 3.33. The summed E-state index contributed by atoms with van der Waals surface area (Å²) in [6.07, 6.45) is 7.91. The zero-order valence-corrected chi connectivity index (χ0v) is 12.4. The van der Waals surface area contributed by atoms with Gasteiger partial charge in [0.05, 0.1) is 4.99 Å². The first kappa shape index (κ1) is 14.2. The fourth-order valence-corrected chi connectivity index (χ4v) is 3.52. The highest BCUT2D eigenvalue weighted by molar-refractivity contribution is 7.80. The van der Waals surface area contributed by atoms with Crippen LogP contribution in [-0.2, 0) is 0 Å². The van der Waals surface area contributed by atoms with Crippen molar-refractivity contribution < 1.29 is 0 Å². The van der Waals surface area contributed by atoms with Crippen LogP contribution in [0.4, 0.5) is 0 Å². The summed E-state index contributed by atoms with van der Waals surface area (Å²) in [5, 5.41) is 0. The van der Waals surface area contributed by atoms with Crippen molar-refractivity contribution >= 4 is 17.2 Å². The Bertz CT molecular complexity index is 282. The average Bonchev–Trinajstić information content (AvgIpc) is 2.38. The van der Waals surface area contributed by atoms with Gasteiger partial charge in [0.1, 0.15) is 0 Å². The van der Waals surface area contributed by atoms with Crippen LogP contribution in [0.15, 0.2) is 0 Å². The highest BCUT2D eigenvalue weighted by atomic mass is 32.1. The molecule has 0 aliphatic carbocycles. The normalized spacial score (nSPS) is 31.4. The van der Waals surface area contributed by atoms with Gasteiger partial charge >= 0.3 is 0 Å². The summed E-state index contributed by atoms with van der Waals surface area (Å²) in [7, 11) is 2.28. The number of likely N-dealkylation sites (tertiary alicyclic amines) is 2. The van der Waals surface area contributed by atoms with Crippen molar-refractivity contribution in [1.82, 2.24) is 9.80 Å². The van der Waals surface area contributed by atoms with Crippen LogP contribution in [0.5, 0.6) is 0 Å². The van der Waals surface area contributed by atoms with Crippen LogP contribution in [0.2, 0.25) is 0 Å². The predicted octanol–water partition coefficient (Wildman–Crippen LogP) is 1.86. The van der Waals surface area contributed by atoms with Crippen LogP contribution >= 0.6 is 12.2 Å². The molecule has 2 aliphatic heterocycles. The van der Waals surface area contributed by atoms with E-state index in [9.17, 15) is 0 Å². The van der Waals surface area contributed by atoms with Crippen molar-refractivity contribution in [3.8, 4) is 0 Å². The quantitative estimate of drug-likeness (QED) is 0.790. The smallest absolute Gasteiger partial charge is 0.0771 e. The Morgan fingerprint density at radius 3 is 2.78 bits per heavy atom. The van der Waals surface area contributed by atoms with Gasteiger partial charge in [-0.3, -0.25) is 0 Å². The lowest BCUT2D eigenvalue weighted by Crippen LogP contribution is -2.43. The van der Waals surface area contributed by atoms with Crippen LogP contribution in [0.1, 0.15) is 38.5 Å². The van der Waals surface area contributed by atoms with Gasteiger partial charge in [-0.1, -0.05) is 18.6 Å². The summed E-state index contributed by atoms with van der Waals surface area (Å²) in [6.45, 7) is 4.82. The van der Waals surface area contributed by atoms with Crippen molar-refractivity contribution in [2.24, 2.45) is 11.7 Å². The van der Waals surface area contributed by atoms with E-state index in [2.05, 4.69) is 16.8 Å². The second-order valence-electron chi connectivity index (χ2n) is 5.96. The molecule has 0 amide bonds. The molecular weight excluding hydrogens is 242 g/mol. The Labute approximate surface area is 117 Å². The van der Waals surface area contributed by atoms with E-state index in [-0.39, 0.29) is 0 Å². The van der Waals surface area contributed by atoms with Crippen molar-refractivity contribution in [2.75, 3.05) is 33.2 Å². The predicted molar refractivity (Wildman–Crippen MR) is 80.8 cm³/mol. The van der Waals surface area contributed by atoms with Gasteiger partial charge in [-0.15, -0.1) is 0 Å². The van der Waals surface area contributed by atoms with E-state index in [1.165, 1.54) is 58.2 Å². The van der Waals surface area contributed by atoms with Gasteiger partial charge < -0.3 is 15.5 Å². The topological polar surface area (TPSA) is 32.5 Å². The molecule has 0 radical (unpaired) electrons. The highest BCUT2D eigenvalue weighted by Crippen LogP contribution is 2.21. The zero-order chi connectivity index (χ0) is 13.0. The zero-order valence-electron chi connectivity index (χ0n) is 11.6. The van der Waals surface area contributed by atoms with Crippen molar-refractivity contribution in [1.29, 1.82) is 0 Å². The molecule has 2 fully saturated rings. The SMILES string of the molecule is CN1CCCCC1CCN1CCCC(C(N)=S)C1. The summed E-state index contributed by atoms with van der Waals surface area (Å²) in [4.78, 5) is 5.82. The molecule has 18 heavy (non-hydrogen) atoms. The molecule has 3 nitrogen and oxygen atoms in total. The van der Waals surface area contributed by atoms with E-state index in [0.29, 0.717) is 5.92 Å². The first-order chi connectivity index (χ1) is 8.66. The largest absolute Gasteiger partial charge is 0.393 e. The third-order valence-electron chi connectivity index (χ3n) is 4.61. The van der Waals surface area contributed by atoms with Gasteiger partial charge in [-0.2, -0.15) is 0 Å². The maximum absolute atomic E-state index is 5.79. The Balaban J connectivity index is 1.74. The minimum atomic E-state index is 0.456. The maximum Gasteiger partial charge on any atom is 0.0771 e. The lowest BCUT2D eigenvalue weighted by Gasteiger charge is -2.36. The van der Waals surface area contributed by atoms with Crippen LogP contribution in [0.25, 0.3) is 0 Å². The van der Waals surface area contributed by atoms with Crippen LogP contribution in [0, 0.1) is 5.92 Å². The van der Waals surface area contributed by atoms with Gasteiger partial charge in [0, 0.05) is 18.5 Å². The van der Waals surface area contributed by atoms with E-state index >= 15 is 0 Å². The van der Waals surface area contributed by atoms with E-state index in [1.54, 1.807) is 0 Å². The maximum atomic E-state index is 5.79. The van der Waals surface area contributed by atoms with E-state index in [0.717, 1.165) is 17.6 Å². The Hall–Kier alpha value is -0.190. The van der Waals surface area contributed by atoms with Crippen molar-refractivity contribution in [2.45, 2.75) is 44.6 Å². The number of hydrogen-bond donors (Lipinski definition) is 1. The number of nitrogens with zero attached hydrogens (tertiary/aromatic N) is 2. The van der Waals surface area contributed by atoms with Gasteiger partial charge in [0.2, 0.25) is 0 Å². The molecule has 2 N–H and O–H groups in total. The van der Waals surface area contributed by atoms with Crippen molar-refractivity contribution in [3.63, 3.8) is 0 Å². The molecule has 0 aromatic heterocycles. The molecule has 0 spiro atoms. The molecule has 4 heteroatoms. The lowest BCUT2D eigenvalue weighted by molar-refractivity contribution is 0.139. The monoisotopic (exact) mass is 269 g/mol. The van der Waals surface area contributed by atoms with Gasteiger partial charge in [0.25, 0.3) is 0 Å². The molecule has 0 saturated carbocycles. The van der Waals surface area contributed by atoms with E-state index in [1.807, 2.05) is 0 Å². The number of piperidine rings is 2. The Morgan fingerprint density at radius 1 is 1.22 bits per heavy atom. The molecule has 2 heterocycles. The molecule has 2 unspecified atom stereocenters. The van der Waals surface area contributed by atoms with Crippen molar-refractivity contribution in [3.05, 3.63) is 0 Å². The Kier molecular flexibility index (Phi) is 5.39. The standard InChI is InChI=1S/C14H27N3S/c1-16-8-3-2-6-13(16)7-10-17-9-4-5-12(11-17)14(15)18/h12-13H,2-11H2,1H3,(H2,15,18). The summed E-state index contributed by atoms with van der Waals surface area (Å²) >= 11 is 5.14. The third kappa shape index (κ3) is 3.90. The van der Waals surface area contributed by atoms with Crippen LogP contribution in [0.3, 0.4) is 0 Å². The number of thiocarbonyl (C=S) groups is 1. The number of rotatable bonds is 4. The number of nitrogens with two attached hydrogens (primary N) is 1. The first-order valence-electron chi connectivity index (χ1n) is 7.38. The fraction of sp³-hybridized carbons (Fsp3) is 0.929. The molecule has 2 aliphatic rings. The number of hydrogen-bond acceptors (Lipinski definition) is 3. The summed E-state index contributed by atoms with van der Waals surface area (Å²) in [5.41, 5.74) is 5.79. The van der Waals surface area contributed by atoms with Crippen LogP contribution in [-0.4, -0.2) is 54.1 Å². The highest BCUT2D eigenvalue weighted by Gasteiger charge is 2.24. The second kappa shape index (κ2) is 6.83. The molecule has 2 saturated heterocycles.